The van der Waals surface area contributed by atoms with Gasteiger partial charge in [-0.25, -0.2) is 0 Å². The summed E-state index contributed by atoms with van der Waals surface area (Å²) < 4.78 is 15.3. The molecule has 0 fully saturated rings. The van der Waals surface area contributed by atoms with E-state index in [1.54, 1.807) is 0 Å². The van der Waals surface area contributed by atoms with Crippen LogP contribution in [0.3, 0.4) is 0 Å². The van der Waals surface area contributed by atoms with Gasteiger partial charge in [0.15, 0.2) is 11.5 Å². The predicted molar refractivity (Wildman–Crippen MR) is 158 cm³/mol. The lowest BCUT2D eigenvalue weighted by Gasteiger charge is -2.28. The number of benzene rings is 4. The molecular weight excluding hydrogens is 545 g/mol. The summed E-state index contributed by atoms with van der Waals surface area (Å²) in [4.78, 5) is 11.0. The lowest BCUT2D eigenvalue weighted by molar-refractivity contribution is -0.137. The van der Waals surface area contributed by atoms with E-state index in [0.29, 0.717) is 34.5 Å². The highest BCUT2D eigenvalue weighted by atomic mass is 35.5. The summed E-state index contributed by atoms with van der Waals surface area (Å²) in [5, 5.41) is 11.5. The largest absolute Gasteiger partial charge is 0.481 e. The molecule has 0 atom stereocenters. The molecule has 7 heteroatoms. The topological polar surface area (TPSA) is 60.7 Å². The number of aryl methyl sites for hydroxylation is 3. The van der Waals surface area contributed by atoms with E-state index in [2.05, 4.69) is 35.0 Å². The number of para-hydroxylation sites is 1. The average Bonchev–Trinajstić information content (AvgIpc) is 3.51. The molecule has 40 heavy (non-hydrogen) atoms. The van der Waals surface area contributed by atoms with Crippen molar-refractivity contribution in [2.45, 2.75) is 38.0 Å². The molecule has 1 aliphatic rings. The number of carboxylic acids is 1. The van der Waals surface area contributed by atoms with E-state index < -0.39 is 11.8 Å². The molecule has 0 unspecified atom stereocenters. The summed E-state index contributed by atoms with van der Waals surface area (Å²) in [5.74, 6) is -0.572. The molecule has 0 aliphatic carbocycles. The number of halogens is 2. The Morgan fingerprint density at radius 3 is 2.12 bits per heavy atom. The molecule has 0 bridgehead atoms. The molecule has 6 rings (SSSR count). The van der Waals surface area contributed by atoms with Gasteiger partial charge < -0.3 is 19.1 Å². The number of aliphatic carboxylic acids is 1. The van der Waals surface area contributed by atoms with Gasteiger partial charge >= 0.3 is 11.8 Å². The van der Waals surface area contributed by atoms with Gasteiger partial charge in [0.25, 0.3) is 0 Å². The zero-order chi connectivity index (χ0) is 27.7. The SMILES string of the molecule is O=C(O)CCCn1cc(CCc2ccc3c(c2)OC(c2ccc(Cl)cc2)(c2ccc(Cl)cc2)O3)c2ccccc21. The number of hydrogen-bond donors (Lipinski definition) is 1. The third-order valence-electron chi connectivity index (χ3n) is 7.31. The Bertz CT molecular complexity index is 1630. The second kappa shape index (κ2) is 10.9. The van der Waals surface area contributed by atoms with Gasteiger partial charge in [0.05, 0.1) is 0 Å². The number of rotatable bonds is 9. The van der Waals surface area contributed by atoms with Crippen LogP contribution in [0.25, 0.3) is 10.9 Å². The van der Waals surface area contributed by atoms with Crippen LogP contribution in [0.1, 0.15) is 35.1 Å². The molecule has 5 aromatic rings. The van der Waals surface area contributed by atoms with Gasteiger partial charge in [0.1, 0.15) is 0 Å². The summed E-state index contributed by atoms with van der Waals surface area (Å²) in [6.07, 6.45) is 4.57. The first-order chi connectivity index (χ1) is 19.4. The Balaban J connectivity index is 1.25. The maximum absolute atomic E-state index is 11.0. The predicted octanol–water partition coefficient (Wildman–Crippen LogP) is 8.27. The normalized spacial score (nSPS) is 13.6. The Labute approximate surface area is 242 Å². The van der Waals surface area contributed by atoms with Gasteiger partial charge in [-0.15, -0.1) is 0 Å². The standard InChI is InChI=1S/C33H27Cl2NO4/c34-26-14-10-24(11-15-26)33(25-12-16-27(35)17-13-25)39-30-18-8-22(20-31(30)40-33)7-9-23-21-36(19-3-6-32(37)38)29-5-2-1-4-28(23)29/h1-2,4-5,8,10-18,20-21H,3,6-7,9,19H2,(H,37,38). The van der Waals surface area contributed by atoms with Crippen LogP contribution in [0.5, 0.6) is 11.5 Å². The second-order valence-corrected chi connectivity index (χ2v) is 10.9. The Hall–Kier alpha value is -3.93. The van der Waals surface area contributed by atoms with Crippen LogP contribution >= 0.6 is 23.2 Å². The van der Waals surface area contributed by atoms with E-state index in [0.717, 1.165) is 35.0 Å². The maximum Gasteiger partial charge on any atom is 0.305 e. The van der Waals surface area contributed by atoms with Crippen LogP contribution in [0.2, 0.25) is 10.0 Å². The van der Waals surface area contributed by atoms with Crippen molar-refractivity contribution in [3.8, 4) is 11.5 Å². The number of carbonyl (C=O) groups is 1. The van der Waals surface area contributed by atoms with Crippen molar-refractivity contribution < 1.29 is 19.4 Å². The van der Waals surface area contributed by atoms with Gasteiger partial charge in [-0.3, -0.25) is 4.79 Å². The number of carboxylic acid groups (broad SMARTS) is 1. The van der Waals surface area contributed by atoms with Crippen molar-refractivity contribution in [2.75, 3.05) is 0 Å². The minimum Gasteiger partial charge on any atom is -0.481 e. The van der Waals surface area contributed by atoms with Gasteiger partial charge in [0, 0.05) is 51.2 Å². The number of hydrogen-bond acceptors (Lipinski definition) is 3. The van der Waals surface area contributed by atoms with Gasteiger partial charge in [0.2, 0.25) is 0 Å². The second-order valence-electron chi connectivity index (χ2n) is 9.98. The van der Waals surface area contributed by atoms with Crippen LogP contribution < -0.4 is 9.47 Å². The number of fused-ring (bicyclic) bond motifs is 2. The zero-order valence-electron chi connectivity index (χ0n) is 21.6. The Kier molecular flexibility index (Phi) is 7.18. The Morgan fingerprint density at radius 1 is 0.800 bits per heavy atom. The van der Waals surface area contributed by atoms with Gasteiger partial charge in [-0.2, -0.15) is 0 Å². The third-order valence-corrected chi connectivity index (χ3v) is 7.81. The number of nitrogens with zero attached hydrogens (tertiary/aromatic N) is 1. The first-order valence-corrected chi connectivity index (χ1v) is 14.0. The molecule has 1 aliphatic heterocycles. The summed E-state index contributed by atoms with van der Waals surface area (Å²) in [6, 6.07) is 29.3. The summed E-state index contributed by atoms with van der Waals surface area (Å²) in [6.45, 7) is 0.675. The molecule has 1 N–H and O–H groups in total. The van der Waals surface area contributed by atoms with E-state index >= 15 is 0 Å². The lowest BCUT2D eigenvalue weighted by Crippen LogP contribution is -2.36. The highest BCUT2D eigenvalue weighted by Gasteiger charge is 2.45. The van der Waals surface area contributed by atoms with E-state index in [1.165, 1.54) is 10.9 Å². The molecule has 0 saturated carbocycles. The summed E-state index contributed by atoms with van der Waals surface area (Å²) >= 11 is 12.4. The smallest absolute Gasteiger partial charge is 0.305 e. The molecule has 5 nitrogen and oxygen atoms in total. The first-order valence-electron chi connectivity index (χ1n) is 13.2. The van der Waals surface area contributed by atoms with Crippen LogP contribution in [0.15, 0.2) is 97.2 Å². The molecular formula is C33H27Cl2NO4. The first kappa shape index (κ1) is 26.3. The monoisotopic (exact) mass is 571 g/mol. The molecule has 0 radical (unpaired) electrons. The molecule has 202 valence electrons. The van der Waals surface area contributed by atoms with Crippen LogP contribution in [0.4, 0.5) is 0 Å². The van der Waals surface area contributed by atoms with Crippen LogP contribution in [0, 0.1) is 0 Å². The summed E-state index contributed by atoms with van der Waals surface area (Å²) in [7, 11) is 0. The van der Waals surface area contributed by atoms with Crippen molar-refractivity contribution in [2.24, 2.45) is 0 Å². The fraction of sp³-hybridized carbons (Fsp3) is 0.182. The maximum atomic E-state index is 11.0. The van der Waals surface area contributed by atoms with E-state index in [1.807, 2.05) is 66.7 Å². The lowest BCUT2D eigenvalue weighted by atomic mass is 9.97. The minimum atomic E-state index is -1.15. The molecule has 0 spiro atoms. The molecule has 4 aromatic carbocycles. The van der Waals surface area contributed by atoms with Crippen LogP contribution in [-0.2, 0) is 30.0 Å². The van der Waals surface area contributed by atoms with Gasteiger partial charge in [-0.05, 0) is 97.1 Å². The fourth-order valence-corrected chi connectivity index (χ4v) is 5.58. The highest BCUT2D eigenvalue weighted by molar-refractivity contribution is 6.30. The van der Waals surface area contributed by atoms with Crippen molar-refractivity contribution in [3.05, 3.63) is 129 Å². The number of aromatic nitrogens is 1. The summed E-state index contributed by atoms with van der Waals surface area (Å²) in [5.41, 5.74) is 5.15. The van der Waals surface area contributed by atoms with Gasteiger partial charge in [-0.1, -0.05) is 47.5 Å². The Morgan fingerprint density at radius 2 is 1.45 bits per heavy atom. The van der Waals surface area contributed by atoms with E-state index in [4.69, 9.17) is 37.8 Å². The quantitative estimate of drug-likeness (QED) is 0.193. The highest BCUT2D eigenvalue weighted by Crippen LogP contribution is 2.48. The molecule has 0 saturated heterocycles. The average molecular weight is 572 g/mol. The van der Waals surface area contributed by atoms with Crippen molar-refractivity contribution in [3.63, 3.8) is 0 Å². The zero-order valence-corrected chi connectivity index (χ0v) is 23.2. The van der Waals surface area contributed by atoms with Crippen molar-refractivity contribution >= 4 is 40.1 Å². The van der Waals surface area contributed by atoms with E-state index in [-0.39, 0.29) is 6.42 Å². The molecule has 1 aromatic heterocycles. The van der Waals surface area contributed by atoms with Crippen molar-refractivity contribution in [1.29, 1.82) is 0 Å². The molecule has 0 amide bonds. The third kappa shape index (κ3) is 5.15. The fourth-order valence-electron chi connectivity index (χ4n) is 5.33. The van der Waals surface area contributed by atoms with Crippen molar-refractivity contribution in [1.82, 2.24) is 4.57 Å². The molecule has 2 heterocycles. The van der Waals surface area contributed by atoms with Crippen LogP contribution in [-0.4, -0.2) is 15.6 Å². The number of ether oxygens (including phenoxy) is 2. The van der Waals surface area contributed by atoms with E-state index in [9.17, 15) is 4.79 Å². The minimum absolute atomic E-state index is 0.159.